The van der Waals surface area contributed by atoms with Gasteiger partial charge in [0.1, 0.15) is 0 Å². The number of ketones is 1. The number of nitrogens with one attached hydrogen (secondary N) is 1. The topological polar surface area (TPSA) is 67.9 Å². The maximum absolute atomic E-state index is 13.8. The Hall–Kier alpha value is -2.28. The molecule has 7 heteroatoms. The summed E-state index contributed by atoms with van der Waals surface area (Å²) < 4.78 is 12.1. The van der Waals surface area contributed by atoms with Crippen molar-refractivity contribution in [3.05, 3.63) is 44.7 Å². The summed E-state index contributed by atoms with van der Waals surface area (Å²) >= 11 is 3.61. The van der Waals surface area contributed by atoms with E-state index in [1.165, 1.54) is 0 Å². The summed E-state index contributed by atoms with van der Waals surface area (Å²) in [5.41, 5.74) is 4.04. The minimum absolute atomic E-state index is 0.0227. The van der Waals surface area contributed by atoms with Gasteiger partial charge in [-0.05, 0) is 79.6 Å². The van der Waals surface area contributed by atoms with Gasteiger partial charge in [0.05, 0.1) is 18.2 Å². The van der Waals surface area contributed by atoms with Crippen molar-refractivity contribution in [1.29, 1.82) is 0 Å². The van der Waals surface area contributed by atoms with Crippen molar-refractivity contribution in [3.63, 3.8) is 0 Å². The number of halogens is 1. The van der Waals surface area contributed by atoms with Crippen LogP contribution in [0.3, 0.4) is 0 Å². The summed E-state index contributed by atoms with van der Waals surface area (Å²) in [5, 5.41) is 3.42. The lowest BCUT2D eigenvalue weighted by Crippen LogP contribution is -2.42. The second-order valence-electron chi connectivity index (χ2n) is 8.59. The molecule has 0 aromatic heterocycles. The van der Waals surface area contributed by atoms with Crippen LogP contribution in [0.5, 0.6) is 11.5 Å². The molecule has 1 amide bonds. The first-order valence-corrected chi connectivity index (χ1v) is 12.3. The molecule has 1 N–H and O–H groups in total. The van der Waals surface area contributed by atoms with Crippen LogP contribution in [0.4, 0.5) is 0 Å². The number of hydrogen-bond acceptors (Lipinski definition) is 5. The lowest BCUT2D eigenvalue weighted by molar-refractivity contribution is -0.128. The second-order valence-corrected chi connectivity index (χ2v) is 9.44. The van der Waals surface area contributed by atoms with Crippen LogP contribution in [0.2, 0.25) is 0 Å². The van der Waals surface area contributed by atoms with Crippen molar-refractivity contribution in [3.8, 4) is 11.5 Å². The molecule has 0 spiro atoms. The highest BCUT2D eigenvalue weighted by Crippen LogP contribution is 2.46. The number of methoxy groups -OCH3 is 1. The molecule has 1 aromatic rings. The van der Waals surface area contributed by atoms with Crippen LogP contribution >= 0.6 is 15.9 Å². The van der Waals surface area contributed by atoms with Crippen LogP contribution in [0.25, 0.3) is 0 Å². The summed E-state index contributed by atoms with van der Waals surface area (Å²) in [6, 6.07) is 3.88. The van der Waals surface area contributed by atoms with Crippen LogP contribution in [-0.4, -0.2) is 43.4 Å². The molecule has 1 atom stereocenters. The summed E-state index contributed by atoms with van der Waals surface area (Å²) in [5.74, 6) is 0.929. The minimum Gasteiger partial charge on any atom is -0.492 e. The maximum atomic E-state index is 13.8. The highest BCUT2D eigenvalue weighted by molar-refractivity contribution is 9.10. The van der Waals surface area contributed by atoms with Crippen LogP contribution in [-0.2, 0) is 9.59 Å². The molecule has 0 saturated carbocycles. The van der Waals surface area contributed by atoms with E-state index in [4.69, 9.17) is 9.47 Å². The van der Waals surface area contributed by atoms with Gasteiger partial charge >= 0.3 is 0 Å². The molecule has 1 aliphatic carbocycles. The van der Waals surface area contributed by atoms with Crippen molar-refractivity contribution in [2.45, 2.75) is 58.3 Å². The van der Waals surface area contributed by atoms with E-state index in [-0.39, 0.29) is 11.7 Å². The molecule has 3 aliphatic rings. The average Bonchev–Trinajstić information content (AvgIpc) is 2.78. The van der Waals surface area contributed by atoms with Gasteiger partial charge in [0.15, 0.2) is 17.3 Å². The number of likely N-dealkylation sites (tertiary alicyclic amines) is 1. The van der Waals surface area contributed by atoms with Gasteiger partial charge in [0.2, 0.25) is 0 Å². The standard InChI is InChI=1S/C25H31BrN2O4/c1-4-32-20-14-16(13-17(26)24(20)31-3)22-21(25(30)28-11-6-5-7-12-28)15(2)27-18-9-8-10-19(29)23(18)22/h13-14,22,27H,4-12H2,1-3H3/t22-/m1/s1. The first-order chi connectivity index (χ1) is 15.5. The van der Waals surface area contributed by atoms with E-state index in [1.807, 2.05) is 30.9 Å². The fourth-order valence-electron chi connectivity index (χ4n) is 5.08. The van der Waals surface area contributed by atoms with Crippen molar-refractivity contribution >= 4 is 27.6 Å². The van der Waals surface area contributed by atoms with Gasteiger partial charge < -0.3 is 19.7 Å². The van der Waals surface area contributed by atoms with E-state index in [2.05, 4.69) is 21.2 Å². The molecule has 0 unspecified atom stereocenters. The van der Waals surface area contributed by atoms with Gasteiger partial charge in [-0.1, -0.05) is 0 Å². The highest BCUT2D eigenvalue weighted by atomic mass is 79.9. The SMILES string of the molecule is CCOc1cc([C@@H]2C(C(=O)N3CCCCC3)=C(C)NC3=C2C(=O)CCC3)cc(Br)c1OC. The lowest BCUT2D eigenvalue weighted by atomic mass is 9.74. The average molecular weight is 503 g/mol. The van der Waals surface area contributed by atoms with Crippen LogP contribution in [0.15, 0.2) is 39.1 Å². The molecule has 2 heterocycles. The fourth-order valence-corrected chi connectivity index (χ4v) is 5.70. The minimum atomic E-state index is -0.421. The molecular formula is C25H31BrN2O4. The summed E-state index contributed by atoms with van der Waals surface area (Å²) in [6.07, 6.45) is 5.35. The fraction of sp³-hybridized carbons (Fsp3) is 0.520. The van der Waals surface area contributed by atoms with E-state index in [0.717, 1.165) is 72.2 Å². The molecule has 1 aromatic carbocycles. The van der Waals surface area contributed by atoms with Crippen molar-refractivity contribution in [1.82, 2.24) is 10.2 Å². The van der Waals surface area contributed by atoms with Crippen molar-refractivity contribution in [2.24, 2.45) is 0 Å². The summed E-state index contributed by atoms with van der Waals surface area (Å²) in [6.45, 7) is 5.89. The zero-order chi connectivity index (χ0) is 22.8. The van der Waals surface area contributed by atoms with Gasteiger partial charge in [-0.25, -0.2) is 0 Å². The van der Waals surface area contributed by atoms with Gasteiger partial charge in [-0.15, -0.1) is 0 Å². The first kappa shape index (κ1) is 22.9. The monoisotopic (exact) mass is 502 g/mol. The number of carbonyl (C=O) groups excluding carboxylic acids is 2. The molecule has 0 radical (unpaired) electrons. The van der Waals surface area contributed by atoms with Gasteiger partial charge in [-0.3, -0.25) is 9.59 Å². The summed E-state index contributed by atoms with van der Waals surface area (Å²) in [4.78, 5) is 28.9. The third kappa shape index (κ3) is 4.19. The Labute approximate surface area is 198 Å². The first-order valence-electron chi connectivity index (χ1n) is 11.5. The van der Waals surface area contributed by atoms with Gasteiger partial charge in [-0.2, -0.15) is 0 Å². The number of amides is 1. The van der Waals surface area contributed by atoms with E-state index < -0.39 is 5.92 Å². The maximum Gasteiger partial charge on any atom is 0.252 e. The van der Waals surface area contributed by atoms with Crippen LogP contribution in [0, 0.1) is 0 Å². The molecule has 2 aliphatic heterocycles. The number of dihydropyridines is 1. The number of allylic oxidation sites excluding steroid dienone is 3. The summed E-state index contributed by atoms with van der Waals surface area (Å²) in [7, 11) is 1.60. The molecule has 1 saturated heterocycles. The van der Waals surface area contributed by atoms with Crippen LogP contribution < -0.4 is 14.8 Å². The predicted molar refractivity (Wildman–Crippen MR) is 127 cm³/mol. The predicted octanol–water partition coefficient (Wildman–Crippen LogP) is 4.84. The zero-order valence-electron chi connectivity index (χ0n) is 19.1. The Kier molecular flexibility index (Phi) is 6.93. The molecule has 32 heavy (non-hydrogen) atoms. The normalized spacial score (nSPS) is 21.3. The van der Waals surface area contributed by atoms with E-state index >= 15 is 0 Å². The number of rotatable bonds is 5. The number of benzene rings is 1. The Morgan fingerprint density at radius 2 is 1.94 bits per heavy atom. The quantitative estimate of drug-likeness (QED) is 0.623. The number of nitrogens with zero attached hydrogens (tertiary/aromatic N) is 1. The molecule has 1 fully saturated rings. The number of piperidine rings is 1. The largest absolute Gasteiger partial charge is 0.492 e. The van der Waals surface area contributed by atoms with Crippen molar-refractivity contribution < 1.29 is 19.1 Å². The Morgan fingerprint density at radius 1 is 1.19 bits per heavy atom. The van der Waals surface area contributed by atoms with E-state index in [9.17, 15) is 9.59 Å². The Morgan fingerprint density at radius 3 is 2.62 bits per heavy atom. The third-order valence-corrected chi connectivity index (χ3v) is 7.11. The molecular weight excluding hydrogens is 472 g/mol. The zero-order valence-corrected chi connectivity index (χ0v) is 20.6. The Balaban J connectivity index is 1.87. The lowest BCUT2D eigenvalue weighted by Gasteiger charge is -2.37. The van der Waals surface area contributed by atoms with Gasteiger partial charge in [0.25, 0.3) is 5.91 Å². The number of carbonyl (C=O) groups is 2. The van der Waals surface area contributed by atoms with Gasteiger partial charge in [0, 0.05) is 48.0 Å². The smallest absolute Gasteiger partial charge is 0.252 e. The van der Waals surface area contributed by atoms with Crippen molar-refractivity contribution in [2.75, 3.05) is 26.8 Å². The highest BCUT2D eigenvalue weighted by Gasteiger charge is 2.40. The number of hydrogen-bond donors (Lipinski definition) is 1. The molecule has 0 bridgehead atoms. The van der Waals surface area contributed by atoms with E-state index in [1.54, 1.807) is 7.11 Å². The van der Waals surface area contributed by atoms with E-state index in [0.29, 0.717) is 30.1 Å². The molecule has 172 valence electrons. The Bertz CT molecular complexity index is 992. The molecule has 4 rings (SSSR count). The third-order valence-electron chi connectivity index (χ3n) is 6.52. The number of Topliss-reactive ketones (excluding diaryl/α,β-unsaturated/α-hetero) is 1. The second kappa shape index (κ2) is 9.69. The number of ether oxygens (including phenoxy) is 2. The van der Waals surface area contributed by atoms with Crippen LogP contribution in [0.1, 0.15) is 63.9 Å². The molecule has 6 nitrogen and oxygen atoms in total.